The molecule has 2 aromatic rings. The summed E-state index contributed by atoms with van der Waals surface area (Å²) in [5.74, 6) is -3.54. The van der Waals surface area contributed by atoms with Gasteiger partial charge in [0.25, 0.3) is 26.1 Å². The molecule has 2 aliphatic carbocycles. The Morgan fingerprint density at radius 3 is 2.25 bits per heavy atom. The van der Waals surface area contributed by atoms with Gasteiger partial charge in [0.2, 0.25) is 5.91 Å². The number of carbonyl (C=O) groups is 5. The topological polar surface area (TPSA) is 352 Å². The predicted molar refractivity (Wildman–Crippen MR) is 245 cm³/mol. The van der Waals surface area contributed by atoms with Gasteiger partial charge in [-0.3, -0.25) is 28.9 Å². The number of carbonyl (C=O) groups excluding carboxylic acids is 3. The summed E-state index contributed by atoms with van der Waals surface area (Å²) >= 11 is 0. The van der Waals surface area contributed by atoms with Gasteiger partial charge in [0.1, 0.15) is 6.04 Å². The molecule has 23 heteroatoms. The number of aliphatic carboxylic acids is 1. The highest BCUT2D eigenvalue weighted by atomic mass is 32.2. The van der Waals surface area contributed by atoms with Crippen molar-refractivity contribution in [3.63, 3.8) is 0 Å². The Bertz CT molecular complexity index is 2810. The second-order valence-electron chi connectivity index (χ2n) is 16.3. The minimum Gasteiger partial charge on any atom is -0.481 e. The molecular weight excluding hydrogens is 931 g/mol. The lowest BCUT2D eigenvalue weighted by atomic mass is 9.89. The molecule has 3 amide bonds. The Morgan fingerprint density at radius 1 is 0.882 bits per heavy atom. The zero-order chi connectivity index (χ0) is 49.9. The second kappa shape index (κ2) is 23.1. The van der Waals surface area contributed by atoms with Gasteiger partial charge in [-0.05, 0) is 98.2 Å². The molecule has 4 unspecified atom stereocenters. The van der Waals surface area contributed by atoms with E-state index >= 15 is 0 Å². The number of benzene rings is 3. The van der Waals surface area contributed by atoms with E-state index in [9.17, 15) is 55.0 Å². The number of hydrogen-bond donors (Lipinski definition) is 9. The summed E-state index contributed by atoms with van der Waals surface area (Å²) in [7, 11) is -10.4. The first-order chi connectivity index (χ1) is 32.2. The average Bonchev–Trinajstić information content (AvgIpc) is 3.95. The molecule has 10 N–H and O–H groups in total. The number of carboxylic acid groups (broad SMARTS) is 2. The van der Waals surface area contributed by atoms with Crippen LogP contribution in [0.1, 0.15) is 85.4 Å². The first kappa shape index (κ1) is 52.6. The number of nitrogens with one attached hydrogen (secondary N) is 4. The summed E-state index contributed by atoms with van der Waals surface area (Å²) in [6, 6.07) is 6.92. The maximum absolute atomic E-state index is 13.4. The summed E-state index contributed by atoms with van der Waals surface area (Å²) in [5, 5.41) is 34.5. The molecule has 1 fully saturated rings. The lowest BCUT2D eigenvalue weighted by Crippen LogP contribution is -2.47. The maximum atomic E-state index is 13.4. The van der Waals surface area contributed by atoms with Crippen LogP contribution in [0.4, 0.5) is 10.5 Å². The van der Waals surface area contributed by atoms with E-state index in [1.54, 1.807) is 0 Å². The Balaban J connectivity index is 1.31. The van der Waals surface area contributed by atoms with Crippen LogP contribution in [0.25, 0.3) is 33.4 Å². The van der Waals surface area contributed by atoms with Crippen molar-refractivity contribution in [2.45, 2.75) is 80.5 Å². The second-order valence-corrected chi connectivity index (χ2v) is 19.0. The summed E-state index contributed by atoms with van der Waals surface area (Å²) in [5.41, 5.74) is 3.42. The van der Waals surface area contributed by atoms with Crippen LogP contribution in [0, 0.1) is 23.2 Å². The van der Waals surface area contributed by atoms with E-state index in [4.69, 9.17) is 30.1 Å². The number of alkyl carbamates (subject to hydrolysis) is 1. The number of unbranched alkanes of at least 4 members (excludes halogenated alkanes) is 2. The molecule has 5 rings (SSSR count). The molecule has 1 heterocycles. The predicted octanol–water partition coefficient (Wildman–Crippen LogP) is 5.08. The molecular formula is C45H55N5O16S2. The van der Waals surface area contributed by atoms with E-state index in [0.29, 0.717) is 24.7 Å². The summed E-state index contributed by atoms with van der Waals surface area (Å²) < 4.78 is 86.8. The van der Waals surface area contributed by atoms with Crippen molar-refractivity contribution in [2.24, 2.45) is 17.8 Å². The van der Waals surface area contributed by atoms with Gasteiger partial charge in [0.15, 0.2) is 21.1 Å². The van der Waals surface area contributed by atoms with E-state index in [1.807, 2.05) is 6.08 Å². The molecule has 0 saturated heterocycles. The molecule has 3 aliphatic rings. The van der Waals surface area contributed by atoms with Crippen LogP contribution in [0.3, 0.4) is 0 Å². The number of allylic oxidation sites excluding steroid dienone is 1. The Labute approximate surface area is 391 Å². The third-order valence-electron chi connectivity index (χ3n) is 11.6. The molecule has 368 valence electrons. The molecule has 0 radical (unpaired) electrons. The largest absolute Gasteiger partial charge is 0.481 e. The average molecular weight is 986 g/mol. The molecule has 0 aromatic heterocycles. The normalized spacial score (nSPS) is 16.2. The third-order valence-corrected chi connectivity index (χ3v) is 13.5. The van der Waals surface area contributed by atoms with Gasteiger partial charge in [-0.15, -0.1) is 6.58 Å². The summed E-state index contributed by atoms with van der Waals surface area (Å²) in [4.78, 5) is 61.2. The molecule has 1 saturated carbocycles. The first-order valence-corrected chi connectivity index (χ1v) is 24.7. The lowest BCUT2D eigenvalue weighted by molar-refractivity contribution is -0.138. The maximum Gasteiger partial charge on any atom is 0.407 e. The van der Waals surface area contributed by atoms with Crippen molar-refractivity contribution in [1.29, 1.82) is 5.41 Å². The number of carboxylic acids is 2. The molecule has 21 nitrogen and oxygen atoms in total. The zero-order valence-electron chi connectivity index (χ0n) is 37.1. The fourth-order valence-corrected chi connectivity index (χ4v) is 9.77. The van der Waals surface area contributed by atoms with Crippen molar-refractivity contribution >= 4 is 66.7 Å². The van der Waals surface area contributed by atoms with Crippen LogP contribution in [0.2, 0.25) is 0 Å². The summed E-state index contributed by atoms with van der Waals surface area (Å²) in [6.45, 7) is 6.16. The SMILES string of the molecule is C=CCCC1C(CCCC)C1COC(=O)NC(CCCCNC(=O)c1ccc(-c2c3ccc(=N)c(S(=O)(=O)O)c-3oc3c(S(=O)(=O)O)c(N)ccc23)c(C(=O)O)c1)C(=O)NCCOCCC(=O)O. The van der Waals surface area contributed by atoms with Gasteiger partial charge < -0.3 is 45.8 Å². The van der Waals surface area contributed by atoms with Gasteiger partial charge in [-0.1, -0.05) is 31.9 Å². The van der Waals surface area contributed by atoms with E-state index in [0.717, 1.165) is 50.3 Å². The fraction of sp³-hybridized carbons (Fsp3) is 0.422. The Kier molecular flexibility index (Phi) is 17.8. The van der Waals surface area contributed by atoms with Crippen molar-refractivity contribution < 1.29 is 74.0 Å². The minimum absolute atomic E-state index is 0.0277. The van der Waals surface area contributed by atoms with E-state index in [2.05, 4.69) is 29.5 Å². The minimum atomic E-state index is -5.24. The molecule has 4 atom stereocenters. The smallest absolute Gasteiger partial charge is 0.407 e. The zero-order valence-corrected chi connectivity index (χ0v) is 38.7. The molecule has 0 bridgehead atoms. The van der Waals surface area contributed by atoms with E-state index in [1.165, 1.54) is 24.3 Å². The van der Waals surface area contributed by atoms with Crippen molar-refractivity contribution in [3.05, 3.63) is 71.6 Å². The highest BCUT2D eigenvalue weighted by molar-refractivity contribution is 7.86. The number of amides is 3. The van der Waals surface area contributed by atoms with Crippen molar-refractivity contribution in [3.8, 4) is 22.5 Å². The van der Waals surface area contributed by atoms with Crippen LogP contribution >= 0.6 is 0 Å². The van der Waals surface area contributed by atoms with Gasteiger partial charge in [0.05, 0.1) is 42.8 Å². The van der Waals surface area contributed by atoms with Crippen LogP contribution in [-0.4, -0.2) is 105 Å². The fourth-order valence-electron chi connectivity index (χ4n) is 8.29. The Morgan fingerprint density at radius 2 is 1.59 bits per heavy atom. The van der Waals surface area contributed by atoms with Crippen LogP contribution in [0.15, 0.2) is 69.3 Å². The number of anilines is 1. The van der Waals surface area contributed by atoms with Gasteiger partial charge in [0, 0.05) is 35.2 Å². The number of nitrogen functional groups attached to an aromatic ring is 1. The number of fused-ring (bicyclic) bond motifs is 2. The highest BCUT2D eigenvalue weighted by Gasteiger charge is 2.49. The highest BCUT2D eigenvalue weighted by Crippen LogP contribution is 2.52. The van der Waals surface area contributed by atoms with Crippen LogP contribution < -0.4 is 27.0 Å². The standard InChI is InChI=1S/C45H55N5O16S2/c1-3-5-9-26-27(10-6-4-2)32(26)24-65-45(57)50-35(43(54)49-20-22-64-21-18-36(51)52)11-7-8-19-48-42(53)25-12-13-28(31(23-25)44(55)56)37-29-14-16-33(46)40(67(58,59)60)38(29)66-39-30(37)15-17-34(47)41(39)68(61,62)63/h3,12-17,23,26-27,32,35,46H,1,4-11,18-22,24,47H2,2H3,(H,48,53)(H,49,54)(H,50,57)(H,51,52)(H,55,56)(H,58,59,60)(H,61,62,63). The molecule has 1 aliphatic heterocycles. The molecule has 68 heavy (non-hydrogen) atoms. The Hall–Kier alpha value is -6.40. The molecule has 0 spiro atoms. The first-order valence-electron chi connectivity index (χ1n) is 21.8. The van der Waals surface area contributed by atoms with Crippen molar-refractivity contribution in [1.82, 2.24) is 16.0 Å². The van der Waals surface area contributed by atoms with Gasteiger partial charge in [-0.25, -0.2) is 9.59 Å². The van der Waals surface area contributed by atoms with Crippen molar-refractivity contribution in [2.75, 3.05) is 38.6 Å². The van der Waals surface area contributed by atoms with E-state index in [-0.39, 0.29) is 79.3 Å². The number of nitrogens with two attached hydrogens (primary N) is 1. The summed E-state index contributed by atoms with van der Waals surface area (Å²) in [6.07, 6.45) is 6.56. The molecule has 2 aromatic carbocycles. The van der Waals surface area contributed by atoms with Crippen LogP contribution in [-0.2, 0) is 39.3 Å². The monoisotopic (exact) mass is 985 g/mol. The van der Waals surface area contributed by atoms with Gasteiger partial charge in [-0.2, -0.15) is 16.8 Å². The number of rotatable bonds is 26. The lowest BCUT2D eigenvalue weighted by Gasteiger charge is -2.20. The quantitative estimate of drug-likeness (QED) is 0.0130. The number of hydrogen-bond acceptors (Lipinski definition) is 14. The van der Waals surface area contributed by atoms with E-state index < -0.39 is 93.9 Å². The van der Waals surface area contributed by atoms with Gasteiger partial charge >= 0.3 is 18.0 Å². The number of aromatic carboxylic acids is 1. The third kappa shape index (κ3) is 13.2. The number of ether oxygens (including phenoxy) is 2. The van der Waals surface area contributed by atoms with Crippen LogP contribution in [0.5, 0.6) is 0 Å².